The number of nitrogens with zero attached hydrogens (tertiary/aromatic N) is 3. The number of hydrazine groups is 1. The van der Waals surface area contributed by atoms with Gasteiger partial charge in [0.2, 0.25) is 5.96 Å². The lowest BCUT2D eigenvalue weighted by Crippen LogP contribution is -2.37. The lowest BCUT2D eigenvalue weighted by Gasteiger charge is -2.18. The molecule has 1 unspecified atom stereocenters. The van der Waals surface area contributed by atoms with E-state index in [0.29, 0.717) is 5.96 Å². The highest BCUT2D eigenvalue weighted by Gasteiger charge is 2.25. The number of hydrogen-bond acceptors (Lipinski definition) is 5. The molecule has 5 heteroatoms. The summed E-state index contributed by atoms with van der Waals surface area (Å²) in [4.78, 5) is 8.45. The Morgan fingerprint density at radius 1 is 1.75 bits per heavy atom. The van der Waals surface area contributed by atoms with Gasteiger partial charge in [0.25, 0.3) is 0 Å². The number of hydrogen-bond donors (Lipinski definition) is 2. The summed E-state index contributed by atoms with van der Waals surface area (Å²) in [5.74, 6) is 7.43. The molecular formula is C7H11N5. The van der Waals surface area contributed by atoms with E-state index in [1.54, 1.807) is 7.05 Å². The van der Waals surface area contributed by atoms with Crippen LogP contribution in [0.4, 0.5) is 0 Å². The third kappa shape index (κ3) is 0.984. The number of fused-ring (bicyclic) bond motifs is 1. The molecule has 0 aromatic heterocycles. The van der Waals surface area contributed by atoms with Gasteiger partial charge in [-0.2, -0.15) is 4.99 Å². The second-order valence-corrected chi connectivity index (χ2v) is 2.74. The van der Waals surface area contributed by atoms with Crippen molar-refractivity contribution < 1.29 is 0 Å². The van der Waals surface area contributed by atoms with E-state index in [9.17, 15) is 0 Å². The van der Waals surface area contributed by atoms with Gasteiger partial charge in [0.1, 0.15) is 5.84 Å². The van der Waals surface area contributed by atoms with Gasteiger partial charge in [-0.05, 0) is 0 Å². The molecule has 0 amide bonds. The van der Waals surface area contributed by atoms with Crippen molar-refractivity contribution in [1.82, 2.24) is 10.3 Å². The quantitative estimate of drug-likeness (QED) is 0.466. The summed E-state index contributed by atoms with van der Waals surface area (Å²) < 4.78 is 0. The van der Waals surface area contributed by atoms with Crippen LogP contribution in [0.3, 0.4) is 0 Å². The average molecular weight is 165 g/mol. The summed E-state index contributed by atoms with van der Waals surface area (Å²) in [5.41, 5.74) is 0. The largest absolute Gasteiger partial charge is 0.358 e. The monoisotopic (exact) mass is 165 g/mol. The Bertz CT molecular complexity index is 278. The molecule has 0 saturated heterocycles. The fourth-order valence-corrected chi connectivity index (χ4v) is 1.30. The van der Waals surface area contributed by atoms with E-state index in [-0.39, 0.29) is 5.92 Å². The minimum absolute atomic E-state index is 0.270. The van der Waals surface area contributed by atoms with Crippen molar-refractivity contribution in [3.8, 4) is 0 Å². The zero-order valence-electron chi connectivity index (χ0n) is 6.86. The molecule has 2 aliphatic heterocycles. The summed E-state index contributed by atoms with van der Waals surface area (Å²) in [6.45, 7) is 0.735. The smallest absolute Gasteiger partial charge is 0.219 e. The maximum absolute atomic E-state index is 5.64. The fourth-order valence-electron chi connectivity index (χ4n) is 1.30. The topological polar surface area (TPSA) is 66.0 Å². The van der Waals surface area contributed by atoms with Gasteiger partial charge in [-0.15, -0.1) is 0 Å². The molecule has 0 radical (unpaired) electrons. The molecule has 0 saturated carbocycles. The first-order chi connectivity index (χ1) is 5.81. The number of nitrogens with two attached hydrogens (primary N) is 1. The zero-order valence-corrected chi connectivity index (χ0v) is 6.86. The molecule has 0 spiro atoms. The normalized spacial score (nSPS) is 26.5. The van der Waals surface area contributed by atoms with Gasteiger partial charge >= 0.3 is 0 Å². The van der Waals surface area contributed by atoms with Crippen LogP contribution < -0.4 is 11.2 Å². The Labute approximate surface area is 70.6 Å². The second kappa shape index (κ2) is 2.60. The molecule has 0 aliphatic carbocycles. The molecule has 0 aromatic rings. The number of rotatable bonds is 0. The minimum Gasteiger partial charge on any atom is -0.358 e. The number of aliphatic imine (C=N–C) groups is 2. The molecule has 2 aliphatic rings. The van der Waals surface area contributed by atoms with Crippen LogP contribution in [0.15, 0.2) is 22.3 Å². The van der Waals surface area contributed by atoms with E-state index in [1.165, 1.54) is 5.01 Å². The van der Waals surface area contributed by atoms with Gasteiger partial charge < -0.3 is 5.32 Å². The molecule has 12 heavy (non-hydrogen) atoms. The van der Waals surface area contributed by atoms with E-state index in [4.69, 9.17) is 5.84 Å². The van der Waals surface area contributed by atoms with Gasteiger partial charge in [0, 0.05) is 13.2 Å². The summed E-state index contributed by atoms with van der Waals surface area (Å²) in [6, 6.07) is 0. The zero-order chi connectivity index (χ0) is 8.55. The Kier molecular flexibility index (Phi) is 1.58. The van der Waals surface area contributed by atoms with Crippen molar-refractivity contribution in [2.24, 2.45) is 21.7 Å². The van der Waals surface area contributed by atoms with Gasteiger partial charge in [0.05, 0.1) is 12.5 Å². The predicted molar refractivity (Wildman–Crippen MR) is 47.5 cm³/mol. The van der Waals surface area contributed by atoms with Crippen molar-refractivity contribution in [1.29, 1.82) is 0 Å². The Morgan fingerprint density at radius 3 is 3.33 bits per heavy atom. The lowest BCUT2D eigenvalue weighted by molar-refractivity contribution is 0.588. The third-order valence-electron chi connectivity index (χ3n) is 1.96. The molecule has 0 fully saturated rings. The molecule has 3 N–H and O–H groups in total. The van der Waals surface area contributed by atoms with Crippen LogP contribution in [0.2, 0.25) is 0 Å². The first-order valence-corrected chi connectivity index (χ1v) is 3.84. The fraction of sp³-hybridized carbons (Fsp3) is 0.429. The average Bonchev–Trinajstić information content (AvgIpc) is 2.47. The van der Waals surface area contributed by atoms with Crippen molar-refractivity contribution >= 4 is 11.8 Å². The first-order valence-electron chi connectivity index (χ1n) is 3.84. The van der Waals surface area contributed by atoms with Crippen LogP contribution >= 0.6 is 0 Å². The molecule has 5 nitrogen and oxygen atoms in total. The van der Waals surface area contributed by atoms with Crippen LogP contribution in [0, 0.1) is 5.92 Å². The molecule has 0 aromatic carbocycles. The van der Waals surface area contributed by atoms with Gasteiger partial charge in [-0.25, -0.2) is 5.84 Å². The van der Waals surface area contributed by atoms with E-state index in [1.807, 2.05) is 12.3 Å². The maximum Gasteiger partial charge on any atom is 0.219 e. The SMILES string of the molecule is CNC1=NCC2C=CN(N)C2=N1. The third-order valence-corrected chi connectivity index (χ3v) is 1.96. The molecule has 0 bridgehead atoms. The van der Waals surface area contributed by atoms with Crippen LogP contribution in [-0.2, 0) is 0 Å². The van der Waals surface area contributed by atoms with Crippen LogP contribution in [0.25, 0.3) is 0 Å². The molecular weight excluding hydrogens is 154 g/mol. The molecule has 1 atom stereocenters. The molecule has 2 rings (SSSR count). The highest BCUT2D eigenvalue weighted by Crippen LogP contribution is 2.16. The van der Waals surface area contributed by atoms with Crippen LogP contribution in [0.5, 0.6) is 0 Å². The van der Waals surface area contributed by atoms with Gasteiger partial charge in [0.15, 0.2) is 0 Å². The van der Waals surface area contributed by atoms with Crippen molar-refractivity contribution in [2.45, 2.75) is 0 Å². The molecule has 2 heterocycles. The van der Waals surface area contributed by atoms with Crippen molar-refractivity contribution in [2.75, 3.05) is 13.6 Å². The van der Waals surface area contributed by atoms with Crippen molar-refractivity contribution in [3.05, 3.63) is 12.3 Å². The van der Waals surface area contributed by atoms with Crippen LogP contribution in [-0.4, -0.2) is 30.4 Å². The highest BCUT2D eigenvalue weighted by molar-refractivity contribution is 6.01. The summed E-state index contributed by atoms with van der Waals surface area (Å²) in [5, 5.41) is 4.43. The summed E-state index contributed by atoms with van der Waals surface area (Å²) in [6.07, 6.45) is 3.83. The first kappa shape index (κ1) is 7.30. The predicted octanol–water partition coefficient (Wildman–Crippen LogP) is -0.707. The number of nitrogens with one attached hydrogen (secondary N) is 1. The summed E-state index contributed by atoms with van der Waals surface area (Å²) in [7, 11) is 1.80. The number of guanidine groups is 1. The lowest BCUT2D eigenvalue weighted by atomic mass is 10.1. The minimum atomic E-state index is 0.270. The van der Waals surface area contributed by atoms with Gasteiger partial charge in [-0.1, -0.05) is 6.08 Å². The Morgan fingerprint density at radius 2 is 2.58 bits per heavy atom. The van der Waals surface area contributed by atoms with Gasteiger partial charge in [-0.3, -0.25) is 10.0 Å². The number of amidine groups is 1. The van der Waals surface area contributed by atoms with E-state index in [0.717, 1.165) is 12.4 Å². The van der Waals surface area contributed by atoms with E-state index in [2.05, 4.69) is 15.3 Å². The second-order valence-electron chi connectivity index (χ2n) is 2.74. The standard InChI is InChI=1S/C7H11N5/c1-9-7-10-4-5-2-3-12(8)6(5)11-7/h2-3,5H,4,8H2,1H3,(H,9,10). The maximum atomic E-state index is 5.64. The van der Waals surface area contributed by atoms with E-state index < -0.39 is 0 Å². The Hall–Kier alpha value is -1.36. The highest BCUT2D eigenvalue weighted by atomic mass is 15.4. The van der Waals surface area contributed by atoms with Crippen molar-refractivity contribution in [3.63, 3.8) is 0 Å². The van der Waals surface area contributed by atoms with Crippen LogP contribution in [0.1, 0.15) is 0 Å². The molecule has 64 valence electrons. The van der Waals surface area contributed by atoms with E-state index >= 15 is 0 Å². The Balaban J connectivity index is 2.25. The summed E-state index contributed by atoms with van der Waals surface area (Å²) >= 11 is 0.